The molecule has 2 nitrogen and oxygen atoms in total. The van der Waals surface area contributed by atoms with Crippen molar-refractivity contribution in [3.8, 4) is 6.07 Å². The summed E-state index contributed by atoms with van der Waals surface area (Å²) < 4.78 is 1.05. The molecular weight excluding hydrogens is 368 g/mol. The quantitative estimate of drug-likeness (QED) is 0.703. The number of benzene rings is 2. The molecular formula is C15H12Br2N2. The number of rotatable bonds is 3. The molecule has 0 heterocycles. The maximum Gasteiger partial charge on any atom is 0.101 e. The molecule has 0 aliphatic heterocycles. The average Bonchev–Trinajstić information content (AvgIpc) is 2.46. The van der Waals surface area contributed by atoms with E-state index >= 15 is 0 Å². The minimum atomic E-state index is 0.674. The van der Waals surface area contributed by atoms with E-state index in [1.54, 1.807) is 0 Å². The van der Waals surface area contributed by atoms with E-state index in [0.717, 1.165) is 21.2 Å². The number of hydrogen-bond acceptors (Lipinski definition) is 2. The highest BCUT2D eigenvalue weighted by Crippen LogP contribution is 2.32. The van der Waals surface area contributed by atoms with Gasteiger partial charge in [-0.1, -0.05) is 44.0 Å². The Morgan fingerprint density at radius 1 is 1.16 bits per heavy atom. The highest BCUT2D eigenvalue weighted by molar-refractivity contribution is 9.10. The number of nitrogens with zero attached hydrogens (tertiary/aromatic N) is 2. The fourth-order valence-corrected chi connectivity index (χ4v) is 2.84. The Kier molecular flexibility index (Phi) is 4.62. The molecule has 96 valence electrons. The van der Waals surface area contributed by atoms with E-state index in [9.17, 15) is 5.26 Å². The summed E-state index contributed by atoms with van der Waals surface area (Å²) >= 11 is 6.99. The molecule has 0 fully saturated rings. The number of nitriles is 1. The maximum absolute atomic E-state index is 9.19. The Morgan fingerprint density at radius 2 is 1.89 bits per heavy atom. The van der Waals surface area contributed by atoms with Crippen molar-refractivity contribution in [3.05, 3.63) is 58.1 Å². The molecule has 2 aromatic rings. The maximum atomic E-state index is 9.19. The van der Waals surface area contributed by atoms with Crippen LogP contribution in [0.2, 0.25) is 0 Å². The van der Waals surface area contributed by atoms with Crippen LogP contribution in [-0.4, -0.2) is 7.05 Å². The summed E-state index contributed by atoms with van der Waals surface area (Å²) in [5, 5.41) is 9.96. The van der Waals surface area contributed by atoms with Crippen LogP contribution < -0.4 is 4.90 Å². The van der Waals surface area contributed by atoms with Crippen molar-refractivity contribution < 1.29 is 0 Å². The highest BCUT2D eigenvalue weighted by atomic mass is 79.9. The van der Waals surface area contributed by atoms with Crippen molar-refractivity contribution in [2.24, 2.45) is 0 Å². The van der Waals surface area contributed by atoms with Gasteiger partial charge >= 0.3 is 0 Å². The van der Waals surface area contributed by atoms with E-state index < -0.39 is 0 Å². The SMILES string of the molecule is CN(c1ccccc1C#N)c1ccc(Br)cc1CBr. The molecule has 0 aliphatic rings. The minimum absolute atomic E-state index is 0.674. The van der Waals surface area contributed by atoms with Gasteiger partial charge in [0.15, 0.2) is 0 Å². The normalized spacial score (nSPS) is 10.0. The summed E-state index contributed by atoms with van der Waals surface area (Å²) in [6.07, 6.45) is 0. The van der Waals surface area contributed by atoms with Crippen molar-refractivity contribution >= 4 is 43.2 Å². The summed E-state index contributed by atoms with van der Waals surface area (Å²) in [7, 11) is 1.98. The predicted octanol–water partition coefficient (Wildman–Crippen LogP) is 4.98. The molecule has 4 heteroatoms. The van der Waals surface area contributed by atoms with Crippen molar-refractivity contribution in [2.45, 2.75) is 5.33 Å². The summed E-state index contributed by atoms with van der Waals surface area (Å²) in [6, 6.07) is 16.0. The molecule has 0 amide bonds. The second-order valence-corrected chi connectivity index (χ2v) is 5.57. The lowest BCUT2D eigenvalue weighted by Crippen LogP contribution is -2.12. The molecule has 19 heavy (non-hydrogen) atoms. The van der Waals surface area contributed by atoms with E-state index in [0.29, 0.717) is 5.56 Å². The van der Waals surface area contributed by atoms with E-state index in [-0.39, 0.29) is 0 Å². The molecule has 0 saturated carbocycles. The first kappa shape index (κ1) is 14.1. The Bertz CT molecular complexity index is 632. The average molecular weight is 380 g/mol. The van der Waals surface area contributed by atoms with Crippen LogP contribution in [0.1, 0.15) is 11.1 Å². The van der Waals surface area contributed by atoms with Gasteiger partial charge in [0.25, 0.3) is 0 Å². The highest BCUT2D eigenvalue weighted by Gasteiger charge is 2.12. The zero-order chi connectivity index (χ0) is 13.8. The number of para-hydroxylation sites is 1. The first-order valence-corrected chi connectivity index (χ1v) is 7.66. The molecule has 0 aromatic heterocycles. The largest absolute Gasteiger partial charge is 0.343 e. The Balaban J connectivity index is 2.50. The fraction of sp³-hybridized carbons (Fsp3) is 0.133. The first-order valence-electron chi connectivity index (χ1n) is 5.74. The predicted molar refractivity (Wildman–Crippen MR) is 86.0 cm³/mol. The van der Waals surface area contributed by atoms with E-state index in [2.05, 4.69) is 50.1 Å². The minimum Gasteiger partial charge on any atom is -0.343 e. The Morgan fingerprint density at radius 3 is 2.58 bits per heavy atom. The van der Waals surface area contributed by atoms with Crippen molar-refractivity contribution in [2.75, 3.05) is 11.9 Å². The van der Waals surface area contributed by atoms with Gasteiger partial charge < -0.3 is 4.90 Å². The number of halogens is 2. The fourth-order valence-electron chi connectivity index (χ4n) is 1.98. The third kappa shape index (κ3) is 2.99. The smallest absolute Gasteiger partial charge is 0.101 e. The molecule has 0 bridgehead atoms. The summed E-state index contributed by atoms with van der Waals surface area (Å²) in [5.74, 6) is 0. The van der Waals surface area contributed by atoms with Crippen LogP contribution in [0.25, 0.3) is 0 Å². The molecule has 2 rings (SSSR count). The van der Waals surface area contributed by atoms with Crippen LogP contribution >= 0.6 is 31.9 Å². The number of anilines is 2. The summed E-state index contributed by atoms with van der Waals surface area (Å²) in [5.41, 5.74) is 3.84. The molecule has 0 saturated heterocycles. The van der Waals surface area contributed by atoms with Crippen LogP contribution in [0.3, 0.4) is 0 Å². The molecule has 0 N–H and O–H groups in total. The Hall–Kier alpha value is -1.31. The van der Waals surface area contributed by atoms with Crippen LogP contribution in [0, 0.1) is 11.3 Å². The Labute approximate surface area is 129 Å². The van der Waals surface area contributed by atoms with Gasteiger partial charge in [0.05, 0.1) is 11.3 Å². The molecule has 0 spiro atoms. The first-order chi connectivity index (χ1) is 9.17. The van der Waals surface area contributed by atoms with Gasteiger partial charge in [0, 0.05) is 22.5 Å². The zero-order valence-corrected chi connectivity index (χ0v) is 13.6. The van der Waals surface area contributed by atoms with E-state index in [1.807, 2.05) is 42.3 Å². The van der Waals surface area contributed by atoms with Crippen LogP contribution in [0.4, 0.5) is 11.4 Å². The lowest BCUT2D eigenvalue weighted by atomic mass is 10.1. The summed E-state index contributed by atoms with van der Waals surface area (Å²) in [6.45, 7) is 0. The van der Waals surface area contributed by atoms with Crippen LogP contribution in [0.5, 0.6) is 0 Å². The van der Waals surface area contributed by atoms with Gasteiger partial charge in [-0.2, -0.15) is 5.26 Å². The molecule has 2 aromatic carbocycles. The molecule has 0 aliphatic carbocycles. The second kappa shape index (κ2) is 6.23. The number of hydrogen-bond donors (Lipinski definition) is 0. The van der Waals surface area contributed by atoms with Gasteiger partial charge in [-0.15, -0.1) is 0 Å². The van der Waals surface area contributed by atoms with Crippen molar-refractivity contribution in [3.63, 3.8) is 0 Å². The monoisotopic (exact) mass is 378 g/mol. The van der Waals surface area contributed by atoms with E-state index in [4.69, 9.17) is 0 Å². The standard InChI is InChI=1S/C15H12Br2N2/c1-19(14-5-3-2-4-11(14)10-18)15-7-6-13(17)8-12(15)9-16/h2-8H,9H2,1H3. The second-order valence-electron chi connectivity index (χ2n) is 4.09. The van der Waals surface area contributed by atoms with Gasteiger partial charge in [-0.05, 0) is 35.9 Å². The van der Waals surface area contributed by atoms with Crippen LogP contribution in [0.15, 0.2) is 46.9 Å². The lowest BCUT2D eigenvalue weighted by molar-refractivity contribution is 1.17. The van der Waals surface area contributed by atoms with Crippen molar-refractivity contribution in [1.82, 2.24) is 0 Å². The van der Waals surface area contributed by atoms with Gasteiger partial charge in [-0.25, -0.2) is 0 Å². The zero-order valence-electron chi connectivity index (χ0n) is 10.4. The topological polar surface area (TPSA) is 27.0 Å². The third-order valence-electron chi connectivity index (χ3n) is 2.93. The summed E-state index contributed by atoms with van der Waals surface area (Å²) in [4.78, 5) is 2.04. The van der Waals surface area contributed by atoms with Crippen LogP contribution in [-0.2, 0) is 5.33 Å². The third-order valence-corrected chi connectivity index (χ3v) is 4.03. The van der Waals surface area contributed by atoms with Gasteiger partial charge in [0.2, 0.25) is 0 Å². The number of alkyl halides is 1. The van der Waals surface area contributed by atoms with Crippen molar-refractivity contribution in [1.29, 1.82) is 5.26 Å². The lowest BCUT2D eigenvalue weighted by Gasteiger charge is -2.23. The van der Waals surface area contributed by atoms with Gasteiger partial charge in [-0.3, -0.25) is 0 Å². The van der Waals surface area contributed by atoms with Gasteiger partial charge in [0.1, 0.15) is 6.07 Å². The molecule has 0 radical (unpaired) electrons. The van der Waals surface area contributed by atoms with E-state index in [1.165, 1.54) is 5.56 Å². The molecule has 0 unspecified atom stereocenters. The molecule has 0 atom stereocenters.